The first kappa shape index (κ1) is 8.05. The Labute approximate surface area is 84.2 Å². The van der Waals surface area contributed by atoms with Crippen molar-refractivity contribution in [2.75, 3.05) is 5.73 Å². The second-order valence-corrected chi connectivity index (χ2v) is 3.20. The lowest BCUT2D eigenvalue weighted by atomic mass is 10.2. The van der Waals surface area contributed by atoms with E-state index < -0.39 is 0 Å². The van der Waals surface area contributed by atoms with Gasteiger partial charge >= 0.3 is 0 Å². The molecule has 0 radical (unpaired) electrons. The van der Waals surface area contributed by atoms with Crippen LogP contribution in [0.5, 0.6) is 5.75 Å². The zero-order valence-electron chi connectivity index (χ0n) is 7.64. The number of rotatable bonds is 0. The molecule has 0 spiro atoms. The van der Waals surface area contributed by atoms with Crippen molar-refractivity contribution >= 4 is 27.8 Å². The Morgan fingerprint density at radius 1 is 1.33 bits per heavy atom. The van der Waals surface area contributed by atoms with Crippen molar-refractivity contribution in [2.24, 2.45) is 0 Å². The molecule has 74 valence electrons. The molecule has 0 aliphatic carbocycles. The van der Waals surface area contributed by atoms with Gasteiger partial charge in [0, 0.05) is 0 Å². The number of pyridine rings is 1. The van der Waals surface area contributed by atoms with Crippen LogP contribution in [0.2, 0.25) is 0 Å². The highest BCUT2D eigenvalue weighted by molar-refractivity contribution is 6.07. The standard InChI is InChI=1S/C10H7N3O2/c11-10-8-9(15-4-12-8)7-5(13-10)2-1-3-6(7)14/h1-4,14H,(H2,11,13). The van der Waals surface area contributed by atoms with E-state index in [1.54, 1.807) is 18.2 Å². The lowest BCUT2D eigenvalue weighted by Gasteiger charge is -2.01. The molecule has 0 aliphatic heterocycles. The van der Waals surface area contributed by atoms with Crippen LogP contribution in [-0.2, 0) is 0 Å². The lowest BCUT2D eigenvalue weighted by molar-refractivity contribution is 0.481. The number of hydrogen-bond donors (Lipinski definition) is 2. The topological polar surface area (TPSA) is 85.2 Å². The maximum Gasteiger partial charge on any atom is 0.182 e. The molecule has 0 fully saturated rings. The maximum absolute atomic E-state index is 9.71. The molecule has 5 nitrogen and oxygen atoms in total. The predicted molar refractivity (Wildman–Crippen MR) is 55.4 cm³/mol. The predicted octanol–water partition coefficient (Wildman–Crippen LogP) is 1.66. The van der Waals surface area contributed by atoms with Gasteiger partial charge in [0.05, 0.1) is 10.9 Å². The number of nitrogen functional groups attached to an aromatic ring is 1. The second kappa shape index (κ2) is 2.60. The smallest absolute Gasteiger partial charge is 0.182 e. The lowest BCUT2D eigenvalue weighted by Crippen LogP contribution is -1.92. The minimum Gasteiger partial charge on any atom is -0.507 e. The van der Waals surface area contributed by atoms with Gasteiger partial charge < -0.3 is 15.3 Å². The maximum atomic E-state index is 9.71. The third kappa shape index (κ3) is 0.969. The average Bonchev–Trinajstić information content (AvgIpc) is 2.66. The molecule has 3 rings (SSSR count). The van der Waals surface area contributed by atoms with Gasteiger partial charge in [-0.25, -0.2) is 9.97 Å². The molecular weight excluding hydrogens is 194 g/mol. The normalized spacial score (nSPS) is 11.2. The Kier molecular flexibility index (Phi) is 1.39. The van der Waals surface area contributed by atoms with Crippen molar-refractivity contribution in [3.8, 4) is 5.75 Å². The molecule has 1 aromatic carbocycles. The van der Waals surface area contributed by atoms with E-state index in [0.717, 1.165) is 0 Å². The molecule has 0 aliphatic rings. The van der Waals surface area contributed by atoms with Crippen molar-refractivity contribution in [1.82, 2.24) is 9.97 Å². The first-order valence-corrected chi connectivity index (χ1v) is 4.38. The van der Waals surface area contributed by atoms with Crippen LogP contribution in [0.4, 0.5) is 5.82 Å². The summed E-state index contributed by atoms with van der Waals surface area (Å²) in [6, 6.07) is 5.03. The summed E-state index contributed by atoms with van der Waals surface area (Å²) in [5, 5.41) is 10.3. The van der Waals surface area contributed by atoms with Crippen molar-refractivity contribution in [3.63, 3.8) is 0 Å². The highest BCUT2D eigenvalue weighted by Crippen LogP contribution is 2.32. The SMILES string of the molecule is Nc1nc2cccc(O)c2c2ocnc12. The summed E-state index contributed by atoms with van der Waals surface area (Å²) in [6.45, 7) is 0. The van der Waals surface area contributed by atoms with Crippen LogP contribution in [0.1, 0.15) is 0 Å². The van der Waals surface area contributed by atoms with E-state index >= 15 is 0 Å². The van der Waals surface area contributed by atoms with Crippen molar-refractivity contribution in [3.05, 3.63) is 24.6 Å². The minimum atomic E-state index is 0.113. The summed E-state index contributed by atoms with van der Waals surface area (Å²) in [5.74, 6) is 0.415. The van der Waals surface area contributed by atoms with Crippen molar-refractivity contribution in [1.29, 1.82) is 0 Å². The largest absolute Gasteiger partial charge is 0.507 e. The highest BCUT2D eigenvalue weighted by Gasteiger charge is 2.12. The van der Waals surface area contributed by atoms with Gasteiger partial charge in [-0.05, 0) is 12.1 Å². The third-order valence-corrected chi connectivity index (χ3v) is 2.30. The van der Waals surface area contributed by atoms with E-state index in [2.05, 4.69) is 9.97 Å². The van der Waals surface area contributed by atoms with Crippen LogP contribution in [0, 0.1) is 0 Å². The minimum absolute atomic E-state index is 0.113. The number of benzene rings is 1. The van der Waals surface area contributed by atoms with Crippen LogP contribution < -0.4 is 5.73 Å². The zero-order chi connectivity index (χ0) is 10.4. The number of fused-ring (bicyclic) bond motifs is 3. The number of anilines is 1. The Morgan fingerprint density at radius 3 is 3.07 bits per heavy atom. The van der Waals surface area contributed by atoms with Gasteiger partial charge in [-0.15, -0.1) is 0 Å². The summed E-state index contributed by atoms with van der Waals surface area (Å²) in [4.78, 5) is 8.08. The first-order valence-electron chi connectivity index (χ1n) is 4.38. The average molecular weight is 201 g/mol. The van der Waals surface area contributed by atoms with E-state index in [1.165, 1.54) is 6.39 Å². The number of phenolic OH excluding ortho intramolecular Hbond substituents is 1. The molecule has 15 heavy (non-hydrogen) atoms. The van der Waals surface area contributed by atoms with Gasteiger partial charge in [0.1, 0.15) is 5.75 Å². The number of nitrogens with zero attached hydrogens (tertiary/aromatic N) is 2. The first-order chi connectivity index (χ1) is 7.27. The molecule has 5 heteroatoms. The fourth-order valence-corrected chi connectivity index (χ4v) is 1.64. The number of oxazole rings is 1. The summed E-state index contributed by atoms with van der Waals surface area (Å²) in [6.07, 6.45) is 1.29. The molecule has 0 amide bonds. The van der Waals surface area contributed by atoms with Crippen LogP contribution in [0.3, 0.4) is 0 Å². The molecule has 3 N–H and O–H groups in total. The Balaban J connectivity index is 2.68. The Bertz CT molecular complexity index is 660. The number of aromatic nitrogens is 2. The van der Waals surface area contributed by atoms with E-state index in [4.69, 9.17) is 10.2 Å². The molecule has 0 unspecified atom stereocenters. The van der Waals surface area contributed by atoms with Gasteiger partial charge in [-0.3, -0.25) is 0 Å². The van der Waals surface area contributed by atoms with Gasteiger partial charge in [0.15, 0.2) is 23.3 Å². The molecule has 3 aromatic rings. The molecular formula is C10H7N3O2. The Morgan fingerprint density at radius 2 is 2.20 bits per heavy atom. The number of nitrogens with two attached hydrogens (primary N) is 1. The number of phenols is 1. The van der Waals surface area contributed by atoms with Gasteiger partial charge in [0.25, 0.3) is 0 Å². The van der Waals surface area contributed by atoms with Crippen LogP contribution in [0.15, 0.2) is 29.0 Å². The van der Waals surface area contributed by atoms with Gasteiger partial charge in [-0.1, -0.05) is 6.07 Å². The van der Waals surface area contributed by atoms with E-state index in [1.807, 2.05) is 0 Å². The summed E-state index contributed by atoms with van der Waals surface area (Å²) in [5.41, 5.74) is 7.24. The van der Waals surface area contributed by atoms with E-state index in [0.29, 0.717) is 27.8 Å². The molecule has 2 aromatic heterocycles. The summed E-state index contributed by atoms with van der Waals surface area (Å²) >= 11 is 0. The third-order valence-electron chi connectivity index (χ3n) is 2.30. The van der Waals surface area contributed by atoms with Gasteiger partial charge in [0.2, 0.25) is 0 Å². The number of aromatic hydroxyl groups is 1. The summed E-state index contributed by atoms with van der Waals surface area (Å²) < 4.78 is 5.20. The summed E-state index contributed by atoms with van der Waals surface area (Å²) in [7, 11) is 0. The van der Waals surface area contributed by atoms with E-state index in [-0.39, 0.29) is 5.75 Å². The zero-order valence-corrected chi connectivity index (χ0v) is 7.64. The van der Waals surface area contributed by atoms with Crippen LogP contribution in [-0.4, -0.2) is 15.1 Å². The van der Waals surface area contributed by atoms with Crippen LogP contribution in [0.25, 0.3) is 22.0 Å². The molecule has 0 saturated carbocycles. The molecule has 0 atom stereocenters. The molecule has 0 saturated heterocycles. The fourth-order valence-electron chi connectivity index (χ4n) is 1.64. The van der Waals surface area contributed by atoms with Crippen LogP contribution >= 0.6 is 0 Å². The Hall–Kier alpha value is -2.30. The quantitative estimate of drug-likeness (QED) is 0.577. The second-order valence-electron chi connectivity index (χ2n) is 3.20. The van der Waals surface area contributed by atoms with Gasteiger partial charge in [-0.2, -0.15) is 0 Å². The van der Waals surface area contributed by atoms with Crippen molar-refractivity contribution in [2.45, 2.75) is 0 Å². The number of hydrogen-bond acceptors (Lipinski definition) is 5. The van der Waals surface area contributed by atoms with Crippen molar-refractivity contribution < 1.29 is 9.52 Å². The molecule has 2 heterocycles. The fraction of sp³-hybridized carbons (Fsp3) is 0. The monoisotopic (exact) mass is 201 g/mol. The van der Waals surface area contributed by atoms with E-state index in [9.17, 15) is 5.11 Å². The highest BCUT2D eigenvalue weighted by atomic mass is 16.3. The molecule has 0 bridgehead atoms.